The molecule has 0 unspecified atom stereocenters. The molecule has 0 atom stereocenters. The second-order valence-corrected chi connectivity index (χ2v) is 4.03. The summed E-state index contributed by atoms with van der Waals surface area (Å²) in [6.45, 7) is 7.66. The second-order valence-electron chi connectivity index (χ2n) is 2.54. The zero-order chi connectivity index (χ0) is 10.2. The lowest BCUT2D eigenvalue weighted by molar-refractivity contribution is 0.487. The van der Waals surface area contributed by atoms with Crippen molar-refractivity contribution < 1.29 is 13.0 Å². The van der Waals surface area contributed by atoms with Gasteiger partial charge >= 0.3 is 0 Å². The van der Waals surface area contributed by atoms with Crippen LogP contribution >= 0.6 is 0 Å². The van der Waals surface area contributed by atoms with Crippen molar-refractivity contribution in [2.45, 2.75) is 0 Å². The monoisotopic (exact) mass is 208 g/mol. The molecule has 1 saturated heterocycles. The molecule has 1 fully saturated rings. The standard InChI is InChI=1S/C4H10N2.C3H6O3S/c1-2-6-4-3-5-1;1-2-3-7(4,5)6/h5-6H,1-4H2;2H,1,3H2,(H,4,5,6). The lowest BCUT2D eigenvalue weighted by Crippen LogP contribution is -2.39. The normalized spacial score (nSPS) is 17.0. The first-order chi connectivity index (χ1) is 6.06. The molecule has 0 spiro atoms. The number of piperazine rings is 1. The van der Waals surface area contributed by atoms with E-state index < -0.39 is 10.1 Å². The van der Waals surface area contributed by atoms with Crippen molar-refractivity contribution in [3.05, 3.63) is 12.7 Å². The Labute approximate surface area is 79.0 Å². The van der Waals surface area contributed by atoms with E-state index in [4.69, 9.17) is 4.55 Å². The van der Waals surface area contributed by atoms with Gasteiger partial charge in [-0.2, -0.15) is 8.42 Å². The van der Waals surface area contributed by atoms with Gasteiger partial charge in [-0.25, -0.2) is 0 Å². The molecule has 0 amide bonds. The Balaban J connectivity index is 0.000000223. The molecule has 0 aromatic heterocycles. The minimum Gasteiger partial charge on any atom is -0.314 e. The molecule has 1 rings (SSSR count). The zero-order valence-electron chi connectivity index (χ0n) is 7.49. The third kappa shape index (κ3) is 11.6. The molecule has 78 valence electrons. The molecule has 1 aliphatic heterocycles. The van der Waals surface area contributed by atoms with E-state index in [0.29, 0.717) is 0 Å². The second kappa shape index (κ2) is 7.02. The van der Waals surface area contributed by atoms with Gasteiger partial charge < -0.3 is 10.6 Å². The third-order valence-corrected chi connectivity index (χ3v) is 1.94. The highest BCUT2D eigenvalue weighted by Crippen LogP contribution is 1.78. The average Bonchev–Trinajstić information content (AvgIpc) is 2.06. The van der Waals surface area contributed by atoms with Gasteiger partial charge in [-0.3, -0.25) is 4.55 Å². The summed E-state index contributed by atoms with van der Waals surface area (Å²) in [5.74, 6) is -0.368. The van der Waals surface area contributed by atoms with Gasteiger partial charge in [0.25, 0.3) is 10.1 Å². The first-order valence-electron chi connectivity index (χ1n) is 4.04. The topological polar surface area (TPSA) is 78.4 Å². The van der Waals surface area contributed by atoms with Gasteiger partial charge in [0, 0.05) is 26.2 Å². The Morgan fingerprint density at radius 3 is 1.69 bits per heavy atom. The van der Waals surface area contributed by atoms with Crippen molar-refractivity contribution in [1.82, 2.24) is 10.6 Å². The van der Waals surface area contributed by atoms with Gasteiger partial charge in [0.05, 0.1) is 5.75 Å². The molecule has 1 aliphatic rings. The summed E-state index contributed by atoms with van der Waals surface area (Å²) in [4.78, 5) is 0. The molecular weight excluding hydrogens is 192 g/mol. The summed E-state index contributed by atoms with van der Waals surface area (Å²) in [5, 5.41) is 6.44. The molecule has 1 heterocycles. The average molecular weight is 208 g/mol. The molecule has 3 N–H and O–H groups in total. The van der Waals surface area contributed by atoms with Crippen LogP contribution < -0.4 is 10.6 Å². The van der Waals surface area contributed by atoms with Gasteiger partial charge in [-0.05, 0) is 0 Å². The van der Waals surface area contributed by atoms with E-state index in [2.05, 4.69) is 17.2 Å². The van der Waals surface area contributed by atoms with Crippen LogP contribution in [0.15, 0.2) is 12.7 Å². The SMILES string of the molecule is C1CNCCN1.C=CCS(=O)(=O)O. The Morgan fingerprint density at radius 1 is 1.23 bits per heavy atom. The van der Waals surface area contributed by atoms with Crippen molar-refractivity contribution in [2.75, 3.05) is 31.9 Å². The molecule has 5 nitrogen and oxygen atoms in total. The van der Waals surface area contributed by atoms with E-state index in [-0.39, 0.29) is 5.75 Å². The van der Waals surface area contributed by atoms with Gasteiger partial charge in [0.2, 0.25) is 0 Å². The van der Waals surface area contributed by atoms with Crippen LogP contribution in [-0.4, -0.2) is 44.9 Å². The van der Waals surface area contributed by atoms with E-state index in [1.165, 1.54) is 0 Å². The van der Waals surface area contributed by atoms with Gasteiger partial charge in [0.15, 0.2) is 0 Å². The van der Waals surface area contributed by atoms with Crippen molar-refractivity contribution in [3.63, 3.8) is 0 Å². The van der Waals surface area contributed by atoms with Crippen LogP contribution in [0.5, 0.6) is 0 Å². The summed E-state index contributed by atoms with van der Waals surface area (Å²) in [7, 11) is -3.79. The fraction of sp³-hybridized carbons (Fsp3) is 0.714. The largest absolute Gasteiger partial charge is 0.314 e. The van der Waals surface area contributed by atoms with Crippen molar-refractivity contribution in [3.8, 4) is 0 Å². The van der Waals surface area contributed by atoms with Crippen LogP contribution in [0.4, 0.5) is 0 Å². The number of hydrogen-bond acceptors (Lipinski definition) is 4. The molecule has 0 saturated carbocycles. The quantitative estimate of drug-likeness (QED) is 0.411. The van der Waals surface area contributed by atoms with Gasteiger partial charge in [-0.1, -0.05) is 6.08 Å². The molecule has 0 bridgehead atoms. The molecule has 0 aromatic rings. The van der Waals surface area contributed by atoms with Crippen LogP contribution in [0, 0.1) is 0 Å². The molecule has 13 heavy (non-hydrogen) atoms. The van der Waals surface area contributed by atoms with Crippen LogP contribution in [0.3, 0.4) is 0 Å². The van der Waals surface area contributed by atoms with Crippen molar-refractivity contribution >= 4 is 10.1 Å². The summed E-state index contributed by atoms with van der Waals surface area (Å²) < 4.78 is 27.3. The highest BCUT2D eigenvalue weighted by molar-refractivity contribution is 7.85. The molecular formula is C7H16N2O3S. The number of hydrogen-bond donors (Lipinski definition) is 3. The lowest BCUT2D eigenvalue weighted by atomic mass is 10.4. The predicted molar refractivity (Wildman–Crippen MR) is 52.4 cm³/mol. The first-order valence-corrected chi connectivity index (χ1v) is 5.64. The third-order valence-electron chi connectivity index (χ3n) is 1.29. The zero-order valence-corrected chi connectivity index (χ0v) is 8.31. The van der Waals surface area contributed by atoms with Crippen LogP contribution in [0.2, 0.25) is 0 Å². The summed E-state index contributed by atoms with van der Waals surface area (Å²) in [5.41, 5.74) is 0. The summed E-state index contributed by atoms with van der Waals surface area (Å²) >= 11 is 0. The Morgan fingerprint density at radius 2 is 1.62 bits per heavy atom. The Bertz CT molecular complexity index is 210. The molecule has 0 aromatic carbocycles. The van der Waals surface area contributed by atoms with Crippen LogP contribution in [-0.2, 0) is 10.1 Å². The van der Waals surface area contributed by atoms with Crippen LogP contribution in [0.1, 0.15) is 0 Å². The lowest BCUT2D eigenvalue weighted by Gasteiger charge is -2.11. The minimum atomic E-state index is -3.79. The maximum absolute atomic E-state index is 9.72. The Hall–Kier alpha value is -0.430. The van der Waals surface area contributed by atoms with E-state index in [1.54, 1.807) is 0 Å². The van der Waals surface area contributed by atoms with E-state index in [9.17, 15) is 8.42 Å². The smallest absolute Gasteiger partial charge is 0.268 e. The number of rotatable bonds is 2. The molecule has 0 radical (unpaired) electrons. The molecule has 0 aliphatic carbocycles. The Kier molecular flexibility index (Phi) is 6.79. The minimum absolute atomic E-state index is 0.368. The highest BCUT2D eigenvalue weighted by Gasteiger charge is 1.95. The van der Waals surface area contributed by atoms with Gasteiger partial charge in [-0.15, -0.1) is 6.58 Å². The fourth-order valence-corrected chi connectivity index (χ4v) is 1.05. The first kappa shape index (κ1) is 12.6. The maximum atomic E-state index is 9.72. The highest BCUT2D eigenvalue weighted by atomic mass is 32.2. The fourth-order valence-electron chi connectivity index (χ4n) is 0.752. The van der Waals surface area contributed by atoms with Gasteiger partial charge in [0.1, 0.15) is 0 Å². The molecule has 6 heteroatoms. The number of nitrogens with one attached hydrogen (secondary N) is 2. The van der Waals surface area contributed by atoms with E-state index >= 15 is 0 Å². The summed E-state index contributed by atoms with van der Waals surface area (Å²) in [6, 6.07) is 0. The summed E-state index contributed by atoms with van der Waals surface area (Å²) in [6.07, 6.45) is 1.12. The maximum Gasteiger partial charge on any atom is 0.268 e. The van der Waals surface area contributed by atoms with Crippen LogP contribution in [0.25, 0.3) is 0 Å². The predicted octanol–water partition coefficient (Wildman–Crippen LogP) is -0.761. The van der Waals surface area contributed by atoms with Crippen molar-refractivity contribution in [1.29, 1.82) is 0 Å². The van der Waals surface area contributed by atoms with E-state index in [0.717, 1.165) is 32.3 Å². The van der Waals surface area contributed by atoms with Crippen molar-refractivity contribution in [2.24, 2.45) is 0 Å². The van der Waals surface area contributed by atoms with E-state index in [1.807, 2.05) is 0 Å².